The van der Waals surface area contributed by atoms with Crippen molar-refractivity contribution in [2.45, 2.75) is 25.8 Å². The monoisotopic (exact) mass is 371 g/mol. The molecule has 0 radical (unpaired) electrons. The molecule has 1 fully saturated rings. The summed E-state index contributed by atoms with van der Waals surface area (Å²) in [5, 5.41) is 9.94. The van der Waals surface area contributed by atoms with Gasteiger partial charge < -0.3 is 20.3 Å². The van der Waals surface area contributed by atoms with Crippen molar-refractivity contribution >= 4 is 23.3 Å². The molecule has 0 spiro atoms. The molecule has 3 amide bonds. The van der Waals surface area contributed by atoms with Gasteiger partial charge in [0.25, 0.3) is 0 Å². The molecule has 8 heteroatoms. The largest absolute Gasteiger partial charge is 0.382 e. The number of hydrogen-bond acceptors (Lipinski definition) is 4. The van der Waals surface area contributed by atoms with E-state index in [1.165, 1.54) is 0 Å². The van der Waals surface area contributed by atoms with Crippen LogP contribution < -0.4 is 15.5 Å². The Balaban J connectivity index is 1.73. The summed E-state index contributed by atoms with van der Waals surface area (Å²) in [5.41, 5.74) is 3.24. The van der Waals surface area contributed by atoms with Crippen molar-refractivity contribution in [2.75, 3.05) is 30.5 Å². The maximum absolute atomic E-state index is 12.6. The zero-order chi connectivity index (χ0) is 19.4. The number of benzene rings is 1. The van der Waals surface area contributed by atoms with Crippen LogP contribution in [-0.2, 0) is 16.6 Å². The van der Waals surface area contributed by atoms with Crippen LogP contribution in [0.3, 0.4) is 0 Å². The molecular weight excluding hydrogens is 346 g/mol. The number of ether oxygens (including phenoxy) is 1. The number of urea groups is 1. The van der Waals surface area contributed by atoms with Crippen LogP contribution in [0.1, 0.15) is 30.1 Å². The fraction of sp³-hybridized carbons (Fsp3) is 0.421. The quantitative estimate of drug-likeness (QED) is 0.816. The SMILES string of the molecule is COCC(NC(=O)Nc1cc(N2CCCC2=O)ccc1C)c1ccnn1C. The lowest BCUT2D eigenvalue weighted by molar-refractivity contribution is -0.117. The van der Waals surface area contributed by atoms with Crippen LogP contribution in [-0.4, -0.2) is 42.0 Å². The molecule has 2 N–H and O–H groups in total. The zero-order valence-corrected chi connectivity index (χ0v) is 15.9. The smallest absolute Gasteiger partial charge is 0.319 e. The van der Waals surface area contributed by atoms with Crippen LogP contribution in [0, 0.1) is 6.92 Å². The molecule has 0 bridgehead atoms. The molecule has 27 heavy (non-hydrogen) atoms. The summed E-state index contributed by atoms with van der Waals surface area (Å²) in [5.74, 6) is 0.116. The number of aromatic nitrogens is 2. The molecule has 0 saturated carbocycles. The van der Waals surface area contributed by atoms with Gasteiger partial charge in [0.2, 0.25) is 5.91 Å². The zero-order valence-electron chi connectivity index (χ0n) is 15.9. The first-order valence-corrected chi connectivity index (χ1v) is 8.95. The van der Waals surface area contributed by atoms with Crippen molar-refractivity contribution in [3.05, 3.63) is 41.7 Å². The van der Waals surface area contributed by atoms with Gasteiger partial charge in [0.05, 0.1) is 18.3 Å². The van der Waals surface area contributed by atoms with Crippen molar-refractivity contribution in [3.8, 4) is 0 Å². The fourth-order valence-electron chi connectivity index (χ4n) is 3.24. The van der Waals surface area contributed by atoms with Crippen LogP contribution in [0.15, 0.2) is 30.5 Å². The Morgan fingerprint density at radius 2 is 2.19 bits per heavy atom. The molecule has 1 saturated heterocycles. The van der Waals surface area contributed by atoms with Crippen LogP contribution >= 0.6 is 0 Å². The molecular formula is C19H25N5O3. The minimum absolute atomic E-state index is 0.116. The second kappa shape index (κ2) is 8.22. The first kappa shape index (κ1) is 18.9. The number of carbonyl (C=O) groups excluding carboxylic acids is 2. The Labute approximate surface area is 158 Å². The summed E-state index contributed by atoms with van der Waals surface area (Å²) in [6.45, 7) is 2.96. The highest BCUT2D eigenvalue weighted by molar-refractivity contribution is 5.97. The number of carbonyl (C=O) groups is 2. The van der Waals surface area contributed by atoms with E-state index >= 15 is 0 Å². The Kier molecular flexibility index (Phi) is 5.75. The topological polar surface area (TPSA) is 88.5 Å². The maximum Gasteiger partial charge on any atom is 0.319 e. The molecule has 8 nitrogen and oxygen atoms in total. The number of amides is 3. The molecule has 1 aromatic heterocycles. The first-order valence-electron chi connectivity index (χ1n) is 8.95. The highest BCUT2D eigenvalue weighted by Gasteiger charge is 2.23. The normalized spacial score (nSPS) is 15.1. The molecule has 3 rings (SSSR count). The average molecular weight is 371 g/mol. The van der Waals surface area contributed by atoms with Gasteiger partial charge in [-0.2, -0.15) is 5.10 Å². The van der Waals surface area contributed by atoms with Crippen molar-refractivity contribution in [2.24, 2.45) is 7.05 Å². The molecule has 1 aliphatic rings. The predicted octanol–water partition coefficient (Wildman–Crippen LogP) is 2.36. The Bertz CT molecular complexity index is 833. The summed E-state index contributed by atoms with van der Waals surface area (Å²) in [4.78, 5) is 26.3. The van der Waals surface area contributed by atoms with E-state index in [9.17, 15) is 9.59 Å². The summed E-state index contributed by atoms with van der Waals surface area (Å²) < 4.78 is 6.93. The van der Waals surface area contributed by atoms with Gasteiger partial charge >= 0.3 is 6.03 Å². The molecule has 1 unspecified atom stereocenters. The Morgan fingerprint density at radius 1 is 1.37 bits per heavy atom. The summed E-state index contributed by atoms with van der Waals surface area (Å²) in [6.07, 6.45) is 3.11. The van der Waals surface area contributed by atoms with Crippen molar-refractivity contribution in [1.29, 1.82) is 0 Å². The molecule has 1 atom stereocenters. The van der Waals surface area contributed by atoms with Gasteiger partial charge in [0.15, 0.2) is 0 Å². The second-order valence-electron chi connectivity index (χ2n) is 6.63. The van der Waals surface area contributed by atoms with Gasteiger partial charge in [0, 0.05) is 44.7 Å². The lowest BCUT2D eigenvalue weighted by atomic mass is 10.1. The van der Waals surface area contributed by atoms with Crippen molar-refractivity contribution in [1.82, 2.24) is 15.1 Å². The van der Waals surface area contributed by atoms with Gasteiger partial charge in [-0.3, -0.25) is 9.48 Å². The average Bonchev–Trinajstić information content (AvgIpc) is 3.25. The van der Waals surface area contributed by atoms with Gasteiger partial charge in [-0.25, -0.2) is 4.79 Å². The summed E-state index contributed by atoms with van der Waals surface area (Å²) >= 11 is 0. The highest BCUT2D eigenvalue weighted by Crippen LogP contribution is 2.27. The Morgan fingerprint density at radius 3 is 2.81 bits per heavy atom. The third-order valence-corrected chi connectivity index (χ3v) is 4.71. The summed E-state index contributed by atoms with van der Waals surface area (Å²) in [7, 11) is 3.40. The lowest BCUT2D eigenvalue weighted by Crippen LogP contribution is -2.36. The van der Waals surface area contributed by atoms with Gasteiger partial charge in [-0.15, -0.1) is 0 Å². The van der Waals surface area contributed by atoms with Crippen LogP contribution in [0.2, 0.25) is 0 Å². The molecule has 2 aromatic rings. The number of nitrogens with one attached hydrogen (secondary N) is 2. The standard InChI is InChI=1S/C19H25N5O3/c1-13-6-7-14(24-10-4-5-18(24)25)11-15(13)21-19(26)22-16(12-27-3)17-8-9-20-23(17)2/h6-9,11,16H,4-5,10,12H2,1-3H3,(H2,21,22,26). The van der Waals surface area contributed by atoms with Crippen LogP contribution in [0.5, 0.6) is 0 Å². The van der Waals surface area contributed by atoms with E-state index in [0.29, 0.717) is 25.3 Å². The number of rotatable bonds is 6. The van der Waals surface area contributed by atoms with E-state index < -0.39 is 0 Å². The number of hydrogen-bond donors (Lipinski definition) is 2. The molecule has 2 heterocycles. The number of nitrogens with zero attached hydrogens (tertiary/aromatic N) is 3. The summed E-state index contributed by atoms with van der Waals surface area (Å²) in [6, 6.07) is 6.83. The van der Waals surface area contributed by atoms with E-state index in [4.69, 9.17) is 4.74 Å². The number of anilines is 2. The van der Waals surface area contributed by atoms with E-state index in [0.717, 1.165) is 23.4 Å². The second-order valence-corrected chi connectivity index (χ2v) is 6.63. The third kappa shape index (κ3) is 4.28. The van der Waals surface area contributed by atoms with E-state index in [2.05, 4.69) is 15.7 Å². The van der Waals surface area contributed by atoms with Crippen LogP contribution in [0.25, 0.3) is 0 Å². The van der Waals surface area contributed by atoms with E-state index in [1.54, 1.807) is 22.9 Å². The van der Waals surface area contributed by atoms with E-state index in [1.807, 2.05) is 38.2 Å². The highest BCUT2D eigenvalue weighted by atomic mass is 16.5. The van der Waals surface area contributed by atoms with Gasteiger partial charge in [-0.05, 0) is 37.1 Å². The van der Waals surface area contributed by atoms with Crippen molar-refractivity contribution < 1.29 is 14.3 Å². The minimum atomic E-state index is -0.341. The fourth-order valence-corrected chi connectivity index (χ4v) is 3.24. The van der Waals surface area contributed by atoms with Gasteiger partial charge in [-0.1, -0.05) is 6.07 Å². The lowest BCUT2D eigenvalue weighted by Gasteiger charge is -2.21. The van der Waals surface area contributed by atoms with Crippen molar-refractivity contribution in [3.63, 3.8) is 0 Å². The number of methoxy groups -OCH3 is 1. The molecule has 144 valence electrons. The van der Waals surface area contributed by atoms with Crippen LogP contribution in [0.4, 0.5) is 16.2 Å². The third-order valence-electron chi connectivity index (χ3n) is 4.71. The van der Waals surface area contributed by atoms with Gasteiger partial charge in [0.1, 0.15) is 0 Å². The molecule has 0 aliphatic carbocycles. The number of aryl methyl sites for hydroxylation is 2. The molecule has 1 aliphatic heterocycles. The predicted molar refractivity (Wildman–Crippen MR) is 103 cm³/mol. The maximum atomic E-state index is 12.6. The van der Waals surface area contributed by atoms with E-state index in [-0.39, 0.29) is 18.0 Å². The first-order chi connectivity index (χ1) is 13.0. The molecule has 1 aromatic carbocycles. The minimum Gasteiger partial charge on any atom is -0.382 e. The Hall–Kier alpha value is -2.87.